The summed E-state index contributed by atoms with van der Waals surface area (Å²) in [6, 6.07) is 7.42. The molecule has 0 saturated carbocycles. The minimum absolute atomic E-state index is 0.0209. The molecule has 1 aliphatic heterocycles. The first-order chi connectivity index (χ1) is 11.5. The molecule has 1 amide bonds. The van der Waals surface area contributed by atoms with Gasteiger partial charge in [0.15, 0.2) is 0 Å². The van der Waals surface area contributed by atoms with Crippen LogP contribution in [0.15, 0.2) is 29.6 Å². The Kier molecular flexibility index (Phi) is 5.16. The van der Waals surface area contributed by atoms with E-state index in [2.05, 4.69) is 4.98 Å². The summed E-state index contributed by atoms with van der Waals surface area (Å²) >= 11 is 1.60. The van der Waals surface area contributed by atoms with Crippen LogP contribution in [-0.2, 0) is 11.3 Å². The molecular formula is C18H22N2O3S. The molecule has 0 aliphatic carbocycles. The molecule has 5 nitrogen and oxygen atoms in total. The van der Waals surface area contributed by atoms with Gasteiger partial charge in [-0.2, -0.15) is 0 Å². The van der Waals surface area contributed by atoms with Crippen molar-refractivity contribution in [2.75, 3.05) is 13.2 Å². The number of aromatic nitrogens is 1. The van der Waals surface area contributed by atoms with Crippen LogP contribution in [0, 0.1) is 6.92 Å². The Hall–Kier alpha value is -1.92. The molecule has 1 aliphatic rings. The number of rotatable bonds is 4. The highest BCUT2D eigenvalue weighted by Gasteiger charge is 2.28. The van der Waals surface area contributed by atoms with Gasteiger partial charge < -0.3 is 14.4 Å². The molecule has 0 N–H and O–H groups in total. The molecule has 0 radical (unpaired) electrons. The number of amides is 1. The lowest BCUT2D eigenvalue weighted by Crippen LogP contribution is -2.50. The van der Waals surface area contributed by atoms with Gasteiger partial charge in [0.2, 0.25) is 0 Å². The summed E-state index contributed by atoms with van der Waals surface area (Å²) < 4.78 is 11.4. The highest BCUT2D eigenvalue weighted by Crippen LogP contribution is 2.20. The van der Waals surface area contributed by atoms with Crippen LogP contribution >= 0.6 is 11.3 Å². The maximum Gasteiger partial charge on any atom is 0.254 e. The number of benzene rings is 1. The first kappa shape index (κ1) is 16.9. The van der Waals surface area contributed by atoms with E-state index >= 15 is 0 Å². The fraction of sp³-hybridized carbons (Fsp3) is 0.444. The third-order valence-corrected chi connectivity index (χ3v) is 4.83. The van der Waals surface area contributed by atoms with Crippen LogP contribution in [0.5, 0.6) is 5.75 Å². The average Bonchev–Trinajstić information content (AvgIpc) is 3.00. The highest BCUT2D eigenvalue weighted by molar-refractivity contribution is 7.09. The molecule has 1 aromatic heterocycles. The van der Waals surface area contributed by atoms with Crippen LogP contribution in [0.3, 0.4) is 0 Å². The van der Waals surface area contributed by atoms with Crippen molar-refractivity contribution in [2.24, 2.45) is 0 Å². The largest absolute Gasteiger partial charge is 0.487 e. The number of morpholine rings is 1. The third-order valence-electron chi connectivity index (χ3n) is 4.00. The van der Waals surface area contributed by atoms with Gasteiger partial charge in [0.1, 0.15) is 12.4 Å². The molecule has 0 spiro atoms. The number of nitrogens with zero attached hydrogens (tertiary/aromatic N) is 2. The lowest BCUT2D eigenvalue weighted by atomic mass is 10.1. The first-order valence-electron chi connectivity index (χ1n) is 8.09. The van der Waals surface area contributed by atoms with Gasteiger partial charge in [0.25, 0.3) is 5.91 Å². The van der Waals surface area contributed by atoms with E-state index < -0.39 is 0 Å². The summed E-state index contributed by atoms with van der Waals surface area (Å²) in [5.74, 6) is 0.702. The predicted molar refractivity (Wildman–Crippen MR) is 93.5 cm³/mol. The Morgan fingerprint density at radius 2 is 2.29 bits per heavy atom. The fourth-order valence-corrected chi connectivity index (χ4v) is 3.30. The van der Waals surface area contributed by atoms with Gasteiger partial charge in [-0.25, -0.2) is 4.98 Å². The van der Waals surface area contributed by atoms with E-state index in [0.29, 0.717) is 31.1 Å². The van der Waals surface area contributed by atoms with Crippen molar-refractivity contribution in [1.29, 1.82) is 0 Å². The van der Waals surface area contributed by atoms with Crippen molar-refractivity contribution in [3.8, 4) is 5.75 Å². The molecule has 3 rings (SSSR count). The van der Waals surface area contributed by atoms with E-state index in [9.17, 15) is 4.79 Å². The lowest BCUT2D eigenvalue weighted by molar-refractivity contribution is -0.0387. The monoisotopic (exact) mass is 346 g/mol. The normalized spacial score (nSPS) is 20.9. The summed E-state index contributed by atoms with van der Waals surface area (Å²) in [5, 5.41) is 3.01. The second kappa shape index (κ2) is 7.32. The Morgan fingerprint density at radius 1 is 1.46 bits per heavy atom. The number of thiazole rings is 1. The molecule has 1 fully saturated rings. The van der Waals surface area contributed by atoms with Crippen molar-refractivity contribution < 1.29 is 14.3 Å². The van der Waals surface area contributed by atoms with Gasteiger partial charge in [-0.15, -0.1) is 11.3 Å². The van der Waals surface area contributed by atoms with Crippen molar-refractivity contribution in [1.82, 2.24) is 9.88 Å². The highest BCUT2D eigenvalue weighted by atomic mass is 32.1. The van der Waals surface area contributed by atoms with E-state index in [1.807, 2.05) is 49.3 Å². The number of hydrogen-bond acceptors (Lipinski definition) is 5. The molecule has 128 valence electrons. The molecular weight excluding hydrogens is 324 g/mol. The zero-order valence-corrected chi connectivity index (χ0v) is 15.0. The van der Waals surface area contributed by atoms with Crippen LogP contribution < -0.4 is 4.74 Å². The Balaban J connectivity index is 1.68. The summed E-state index contributed by atoms with van der Waals surface area (Å²) in [7, 11) is 0. The van der Waals surface area contributed by atoms with Crippen LogP contribution in [0.4, 0.5) is 0 Å². The number of ether oxygens (including phenoxy) is 2. The standard InChI is InChI=1S/C18H22N2O3S/c1-12-9-22-13(2)8-20(12)18(21)15-5-4-6-17(7-15)23-10-16-11-24-14(3)19-16/h4-7,11-13H,8-10H2,1-3H3/t12-,13+/m1/s1. The minimum Gasteiger partial charge on any atom is -0.487 e. The molecule has 6 heteroatoms. The minimum atomic E-state index is 0.0209. The van der Waals surface area contributed by atoms with Gasteiger partial charge in [0.05, 0.1) is 29.5 Å². The molecule has 24 heavy (non-hydrogen) atoms. The molecule has 0 unspecified atom stereocenters. The molecule has 1 aromatic carbocycles. The van der Waals surface area contributed by atoms with Crippen LogP contribution in [0.2, 0.25) is 0 Å². The Bertz CT molecular complexity index is 716. The molecule has 2 heterocycles. The summed E-state index contributed by atoms with van der Waals surface area (Å²) in [5.41, 5.74) is 1.55. The van der Waals surface area contributed by atoms with Gasteiger partial charge in [0, 0.05) is 17.5 Å². The number of hydrogen-bond donors (Lipinski definition) is 0. The predicted octanol–water partition coefficient (Wildman–Crippen LogP) is 3.28. The zero-order valence-electron chi connectivity index (χ0n) is 14.2. The quantitative estimate of drug-likeness (QED) is 0.852. The molecule has 1 saturated heterocycles. The first-order valence-corrected chi connectivity index (χ1v) is 8.97. The topological polar surface area (TPSA) is 51.7 Å². The molecule has 0 bridgehead atoms. The smallest absolute Gasteiger partial charge is 0.254 e. The number of aryl methyl sites for hydroxylation is 1. The SMILES string of the molecule is Cc1nc(COc2cccc(C(=O)N3C[C@H](C)OC[C@H]3C)c2)cs1. The van der Waals surface area contributed by atoms with Crippen molar-refractivity contribution in [3.63, 3.8) is 0 Å². The van der Waals surface area contributed by atoms with Crippen LogP contribution in [-0.4, -0.2) is 41.1 Å². The summed E-state index contributed by atoms with van der Waals surface area (Å²) in [4.78, 5) is 19.0. The van der Waals surface area contributed by atoms with Crippen molar-refractivity contribution in [2.45, 2.75) is 39.5 Å². The van der Waals surface area contributed by atoms with Crippen LogP contribution in [0.1, 0.15) is 34.9 Å². The van der Waals surface area contributed by atoms with Gasteiger partial charge in [-0.05, 0) is 39.0 Å². The second-order valence-electron chi connectivity index (χ2n) is 6.12. The van der Waals surface area contributed by atoms with Gasteiger partial charge in [-0.1, -0.05) is 6.07 Å². The second-order valence-corrected chi connectivity index (χ2v) is 7.19. The van der Waals surface area contributed by atoms with Crippen molar-refractivity contribution >= 4 is 17.2 Å². The fourth-order valence-electron chi connectivity index (χ4n) is 2.70. The van der Waals surface area contributed by atoms with E-state index in [1.165, 1.54) is 0 Å². The third kappa shape index (κ3) is 3.94. The zero-order chi connectivity index (χ0) is 17.1. The van der Waals surface area contributed by atoms with E-state index in [4.69, 9.17) is 9.47 Å². The van der Waals surface area contributed by atoms with Crippen molar-refractivity contribution in [3.05, 3.63) is 45.9 Å². The van der Waals surface area contributed by atoms with E-state index in [-0.39, 0.29) is 18.1 Å². The van der Waals surface area contributed by atoms with Gasteiger partial charge >= 0.3 is 0 Å². The Labute approximate surface area is 146 Å². The maximum absolute atomic E-state index is 12.8. The summed E-state index contributed by atoms with van der Waals surface area (Å²) in [6.07, 6.45) is 0.0671. The Morgan fingerprint density at radius 3 is 3.04 bits per heavy atom. The molecule has 2 aromatic rings. The number of carbonyl (C=O) groups is 1. The van der Waals surface area contributed by atoms with E-state index in [1.54, 1.807) is 17.4 Å². The maximum atomic E-state index is 12.8. The van der Waals surface area contributed by atoms with Crippen LogP contribution in [0.25, 0.3) is 0 Å². The van der Waals surface area contributed by atoms with Gasteiger partial charge in [-0.3, -0.25) is 4.79 Å². The average molecular weight is 346 g/mol. The number of carbonyl (C=O) groups excluding carboxylic acids is 1. The van der Waals surface area contributed by atoms with E-state index in [0.717, 1.165) is 10.7 Å². The lowest BCUT2D eigenvalue weighted by Gasteiger charge is -2.36. The molecule has 2 atom stereocenters. The summed E-state index contributed by atoms with van der Waals surface area (Å²) in [6.45, 7) is 7.57.